The maximum atomic E-state index is 9.22. The standard InChI is InChI=1S/C10H16OSi/c1-10(2,11)8-6-7-9-12(3,4)5/h11H,1-5H3. The Kier molecular flexibility index (Phi) is 3.58. The highest BCUT2D eigenvalue weighted by Crippen LogP contribution is 1.97. The van der Waals surface area contributed by atoms with E-state index in [9.17, 15) is 5.11 Å². The predicted molar refractivity (Wildman–Crippen MR) is 55.2 cm³/mol. The summed E-state index contributed by atoms with van der Waals surface area (Å²) in [5.74, 6) is 8.08. The quantitative estimate of drug-likeness (QED) is 0.444. The van der Waals surface area contributed by atoms with Crippen LogP contribution in [0.1, 0.15) is 13.8 Å². The minimum absolute atomic E-state index is 0.923. The van der Waals surface area contributed by atoms with Crippen molar-refractivity contribution in [2.75, 3.05) is 0 Å². The van der Waals surface area contributed by atoms with Gasteiger partial charge in [0.05, 0.1) is 0 Å². The lowest BCUT2D eigenvalue weighted by Crippen LogP contribution is -2.16. The fourth-order valence-electron chi connectivity index (χ4n) is 0.403. The largest absolute Gasteiger partial charge is 0.378 e. The van der Waals surface area contributed by atoms with Gasteiger partial charge in [0, 0.05) is 0 Å². The first-order valence-electron chi connectivity index (χ1n) is 3.97. The molecule has 0 aliphatic rings. The molecule has 12 heavy (non-hydrogen) atoms. The number of rotatable bonds is 0. The first-order chi connectivity index (χ1) is 5.21. The van der Waals surface area contributed by atoms with E-state index in [0.29, 0.717) is 0 Å². The van der Waals surface area contributed by atoms with E-state index in [1.165, 1.54) is 0 Å². The Hall–Kier alpha value is -0.703. The van der Waals surface area contributed by atoms with E-state index in [1.54, 1.807) is 13.8 Å². The zero-order valence-corrected chi connectivity index (χ0v) is 9.45. The first-order valence-corrected chi connectivity index (χ1v) is 7.47. The second-order valence-electron chi connectivity index (χ2n) is 4.31. The third-order valence-corrected chi connectivity index (χ3v) is 1.74. The molecule has 0 aromatic carbocycles. The normalized spacial score (nSPS) is 10.8. The summed E-state index contributed by atoms with van der Waals surface area (Å²) in [6, 6.07) is 0. The molecule has 0 aliphatic carbocycles. The second-order valence-corrected chi connectivity index (χ2v) is 9.06. The summed E-state index contributed by atoms with van der Waals surface area (Å²) in [6.45, 7) is 9.77. The van der Waals surface area contributed by atoms with Crippen LogP contribution >= 0.6 is 0 Å². The van der Waals surface area contributed by atoms with Gasteiger partial charge in [0.1, 0.15) is 13.7 Å². The smallest absolute Gasteiger partial charge is 0.130 e. The third-order valence-electron chi connectivity index (χ3n) is 0.868. The summed E-state index contributed by atoms with van der Waals surface area (Å²) >= 11 is 0. The highest BCUT2D eigenvalue weighted by Gasteiger charge is 2.07. The molecule has 0 atom stereocenters. The maximum Gasteiger partial charge on any atom is 0.130 e. The van der Waals surface area contributed by atoms with Crippen molar-refractivity contribution in [3.8, 4) is 23.3 Å². The van der Waals surface area contributed by atoms with Crippen molar-refractivity contribution in [2.24, 2.45) is 0 Å². The van der Waals surface area contributed by atoms with Gasteiger partial charge in [0.25, 0.3) is 0 Å². The van der Waals surface area contributed by atoms with Gasteiger partial charge in [-0.05, 0) is 25.7 Å². The minimum atomic E-state index is -1.30. The summed E-state index contributed by atoms with van der Waals surface area (Å²) in [6.07, 6.45) is 0. The van der Waals surface area contributed by atoms with Crippen molar-refractivity contribution in [1.82, 2.24) is 0 Å². The van der Waals surface area contributed by atoms with Crippen LogP contribution in [0.15, 0.2) is 0 Å². The molecule has 0 rings (SSSR count). The number of hydrogen-bond donors (Lipinski definition) is 1. The molecule has 0 bridgehead atoms. The van der Waals surface area contributed by atoms with E-state index >= 15 is 0 Å². The fraction of sp³-hybridized carbons (Fsp3) is 0.600. The minimum Gasteiger partial charge on any atom is -0.378 e. The molecule has 0 aromatic rings. The lowest BCUT2D eigenvalue weighted by molar-refractivity contribution is 0.143. The van der Waals surface area contributed by atoms with Gasteiger partial charge in [-0.1, -0.05) is 25.6 Å². The van der Waals surface area contributed by atoms with Crippen LogP contribution in [-0.4, -0.2) is 18.8 Å². The maximum absolute atomic E-state index is 9.22. The lowest BCUT2D eigenvalue weighted by atomic mass is 10.1. The summed E-state index contributed by atoms with van der Waals surface area (Å²) in [5, 5.41) is 9.22. The molecule has 0 radical (unpaired) electrons. The Morgan fingerprint density at radius 2 is 1.58 bits per heavy atom. The van der Waals surface area contributed by atoms with Crippen molar-refractivity contribution in [2.45, 2.75) is 39.1 Å². The molecule has 0 fully saturated rings. The Balaban J connectivity index is 4.27. The molecule has 0 aliphatic heterocycles. The number of aliphatic hydroxyl groups is 1. The van der Waals surface area contributed by atoms with Gasteiger partial charge in [0.2, 0.25) is 0 Å². The molecule has 66 valence electrons. The van der Waals surface area contributed by atoms with Crippen molar-refractivity contribution in [3.63, 3.8) is 0 Å². The fourth-order valence-corrected chi connectivity index (χ4v) is 0.840. The van der Waals surface area contributed by atoms with Crippen LogP contribution in [0.5, 0.6) is 0 Å². The zero-order chi connectivity index (χ0) is 9.83. The van der Waals surface area contributed by atoms with E-state index in [2.05, 4.69) is 42.9 Å². The van der Waals surface area contributed by atoms with Gasteiger partial charge < -0.3 is 5.11 Å². The van der Waals surface area contributed by atoms with Crippen molar-refractivity contribution in [3.05, 3.63) is 0 Å². The van der Waals surface area contributed by atoms with Gasteiger partial charge in [-0.2, -0.15) is 0 Å². The molecule has 0 amide bonds. The van der Waals surface area contributed by atoms with E-state index in [1.807, 2.05) is 0 Å². The average molecular weight is 180 g/mol. The Morgan fingerprint density at radius 1 is 1.08 bits per heavy atom. The highest BCUT2D eigenvalue weighted by atomic mass is 28.3. The van der Waals surface area contributed by atoms with Gasteiger partial charge >= 0.3 is 0 Å². The molecule has 0 heterocycles. The van der Waals surface area contributed by atoms with E-state index < -0.39 is 13.7 Å². The van der Waals surface area contributed by atoms with Crippen LogP contribution in [0.3, 0.4) is 0 Å². The van der Waals surface area contributed by atoms with Crippen LogP contribution < -0.4 is 0 Å². The van der Waals surface area contributed by atoms with Crippen molar-refractivity contribution < 1.29 is 5.11 Å². The van der Waals surface area contributed by atoms with E-state index in [0.717, 1.165) is 0 Å². The lowest BCUT2D eigenvalue weighted by Gasteiger charge is -2.05. The topological polar surface area (TPSA) is 20.2 Å². The van der Waals surface area contributed by atoms with Gasteiger partial charge in [-0.15, -0.1) is 5.54 Å². The van der Waals surface area contributed by atoms with Crippen molar-refractivity contribution >= 4 is 8.07 Å². The molecule has 0 spiro atoms. The van der Waals surface area contributed by atoms with Gasteiger partial charge in [-0.3, -0.25) is 0 Å². The van der Waals surface area contributed by atoms with Crippen LogP contribution in [0.4, 0.5) is 0 Å². The first kappa shape index (κ1) is 11.3. The molecule has 0 aromatic heterocycles. The Morgan fingerprint density at radius 3 is 1.92 bits per heavy atom. The molecule has 0 saturated heterocycles. The molecule has 2 heteroatoms. The number of hydrogen-bond acceptors (Lipinski definition) is 1. The molecule has 1 N–H and O–H groups in total. The molecule has 0 unspecified atom stereocenters. The Labute approximate surface area is 76.2 Å². The third kappa shape index (κ3) is 9.30. The predicted octanol–water partition coefficient (Wildman–Crippen LogP) is 1.64. The van der Waals surface area contributed by atoms with Gasteiger partial charge in [-0.25, -0.2) is 0 Å². The van der Waals surface area contributed by atoms with Crippen LogP contribution in [0.25, 0.3) is 0 Å². The Bertz CT molecular complexity index is 227. The molecular formula is C10H16OSi. The van der Waals surface area contributed by atoms with Gasteiger partial charge in [0.15, 0.2) is 0 Å². The SMILES string of the molecule is CC(C)(O)C#CC#C[Si](C)(C)C. The average Bonchev–Trinajstić information content (AvgIpc) is 1.76. The summed E-state index contributed by atoms with van der Waals surface area (Å²) in [5.41, 5.74) is 2.18. The van der Waals surface area contributed by atoms with Crippen LogP contribution in [-0.2, 0) is 0 Å². The second kappa shape index (κ2) is 3.80. The molecule has 1 nitrogen and oxygen atoms in total. The zero-order valence-electron chi connectivity index (χ0n) is 8.45. The van der Waals surface area contributed by atoms with Crippen LogP contribution in [0, 0.1) is 23.3 Å². The highest BCUT2D eigenvalue weighted by molar-refractivity contribution is 6.83. The van der Waals surface area contributed by atoms with E-state index in [-0.39, 0.29) is 0 Å². The molecule has 0 saturated carbocycles. The summed E-state index contributed by atoms with van der Waals surface area (Å²) < 4.78 is 0. The van der Waals surface area contributed by atoms with Crippen LogP contribution in [0.2, 0.25) is 19.6 Å². The van der Waals surface area contributed by atoms with Crippen molar-refractivity contribution in [1.29, 1.82) is 0 Å². The molecular weight excluding hydrogens is 164 g/mol. The summed E-state index contributed by atoms with van der Waals surface area (Å²) in [7, 11) is -1.30. The van der Waals surface area contributed by atoms with E-state index in [4.69, 9.17) is 0 Å². The monoisotopic (exact) mass is 180 g/mol. The summed E-state index contributed by atoms with van der Waals surface area (Å²) in [4.78, 5) is 0.